The molecule has 12 heteroatoms. The summed E-state index contributed by atoms with van der Waals surface area (Å²) in [6.07, 6.45) is 7.31. The number of rotatable bonds is 8. The summed E-state index contributed by atoms with van der Waals surface area (Å²) < 4.78 is 0.731. The normalized spacial score (nSPS) is 28.0. The Morgan fingerprint density at radius 3 is 2.75 bits per heavy atom. The maximum atomic E-state index is 12.7. The molecule has 9 nitrogen and oxygen atoms in total. The molecule has 32 heavy (non-hydrogen) atoms. The molecule has 176 valence electrons. The van der Waals surface area contributed by atoms with E-state index in [-0.39, 0.29) is 23.9 Å². The van der Waals surface area contributed by atoms with Crippen LogP contribution in [0.5, 0.6) is 0 Å². The topological polar surface area (TPSA) is 125 Å². The number of carboxylic acid groups (broad SMARTS) is 1. The zero-order valence-corrected chi connectivity index (χ0v) is 20.5. The van der Waals surface area contributed by atoms with Gasteiger partial charge >= 0.3 is 12.0 Å². The number of carbonyl (C=O) groups is 3. The highest BCUT2D eigenvalue weighted by molar-refractivity contribution is 8.01. The Balaban J connectivity index is 1.26. The number of aryl methyl sites for hydroxylation is 1. The number of amides is 3. The maximum absolute atomic E-state index is 12.7. The lowest BCUT2D eigenvalue weighted by Crippen LogP contribution is -2.74. The Morgan fingerprint density at radius 1 is 1.28 bits per heavy atom. The number of nitrogens with one attached hydrogen (secondary N) is 2. The molecule has 0 aromatic carbocycles. The van der Waals surface area contributed by atoms with E-state index in [9.17, 15) is 19.5 Å². The van der Waals surface area contributed by atoms with Gasteiger partial charge in [0.25, 0.3) is 0 Å². The van der Waals surface area contributed by atoms with Crippen molar-refractivity contribution >= 4 is 52.8 Å². The van der Waals surface area contributed by atoms with Crippen LogP contribution in [-0.2, 0) is 9.59 Å². The second-order valence-corrected chi connectivity index (χ2v) is 12.3. The summed E-state index contributed by atoms with van der Waals surface area (Å²) in [5.74, 6) is 0.252. The molecule has 3 heterocycles. The minimum atomic E-state index is -1.05. The van der Waals surface area contributed by atoms with Crippen molar-refractivity contribution in [2.24, 2.45) is 11.3 Å². The molecule has 1 aromatic rings. The van der Waals surface area contributed by atoms with Crippen LogP contribution >= 0.6 is 34.9 Å². The van der Waals surface area contributed by atoms with Crippen molar-refractivity contribution in [2.45, 2.75) is 61.2 Å². The van der Waals surface area contributed by atoms with E-state index in [1.165, 1.54) is 67.0 Å². The first-order valence-corrected chi connectivity index (χ1v) is 13.9. The van der Waals surface area contributed by atoms with Crippen LogP contribution < -0.4 is 10.6 Å². The highest BCUT2D eigenvalue weighted by atomic mass is 32.2. The van der Waals surface area contributed by atoms with E-state index in [4.69, 9.17) is 0 Å². The third-order valence-electron chi connectivity index (χ3n) is 6.43. The van der Waals surface area contributed by atoms with Crippen LogP contribution in [-0.4, -0.2) is 74.1 Å². The number of nitrogens with zero attached hydrogens (tertiary/aromatic N) is 3. The van der Waals surface area contributed by atoms with Gasteiger partial charge in [-0.25, -0.2) is 4.79 Å². The van der Waals surface area contributed by atoms with Crippen molar-refractivity contribution in [3.8, 4) is 0 Å². The van der Waals surface area contributed by atoms with Gasteiger partial charge in [-0.05, 0) is 19.3 Å². The fourth-order valence-electron chi connectivity index (χ4n) is 4.50. The number of carbonyl (C=O) groups excluding carboxylic acids is 2. The van der Waals surface area contributed by atoms with E-state index < -0.39 is 17.4 Å². The molecule has 2 saturated heterocycles. The summed E-state index contributed by atoms with van der Waals surface area (Å²) in [7, 11) is 0. The fraction of sp³-hybridized carbons (Fsp3) is 0.750. The van der Waals surface area contributed by atoms with Crippen LogP contribution in [0.2, 0.25) is 0 Å². The Morgan fingerprint density at radius 2 is 2.06 bits per heavy atom. The number of hydrogen-bond donors (Lipinski definition) is 3. The van der Waals surface area contributed by atoms with Crippen LogP contribution in [0, 0.1) is 18.3 Å². The van der Waals surface area contributed by atoms with Gasteiger partial charge in [-0.3, -0.25) is 9.59 Å². The number of fused-ring (bicyclic) bond motifs is 1. The van der Waals surface area contributed by atoms with Crippen LogP contribution in [0.4, 0.5) is 4.79 Å². The second kappa shape index (κ2) is 10.2. The van der Waals surface area contributed by atoms with E-state index in [0.29, 0.717) is 24.0 Å². The highest BCUT2D eigenvalue weighted by Crippen LogP contribution is 2.44. The van der Waals surface area contributed by atoms with Gasteiger partial charge in [0, 0.05) is 24.6 Å². The first-order valence-electron chi connectivity index (χ1n) is 11.0. The molecule has 3 aliphatic rings. The molecule has 2 unspecified atom stereocenters. The molecule has 3 amide bonds. The molecule has 2 aliphatic heterocycles. The van der Waals surface area contributed by atoms with Crippen LogP contribution in [0.3, 0.4) is 0 Å². The Kier molecular flexibility index (Phi) is 7.51. The standard InChI is InChI=1S/C20H29N5O4S3/c1-12-23-24-19(32-12)31-11-20(17(27)28)9-25-15(26)14(16(25)30-10-20)22-18(29)21-8-7-13-5-3-2-4-6-13/h13-14,16H,2-11H2,1H3,(H,27,28)(H2,21,22,29)/t14?,16-,20?/m1/s1. The van der Waals surface area contributed by atoms with Crippen molar-refractivity contribution in [3.63, 3.8) is 0 Å². The Bertz CT molecular complexity index is 862. The molecule has 4 rings (SSSR count). The molecule has 0 radical (unpaired) electrons. The lowest BCUT2D eigenvalue weighted by molar-refractivity contribution is -0.156. The van der Waals surface area contributed by atoms with Crippen LogP contribution in [0.25, 0.3) is 0 Å². The predicted octanol–water partition coefficient (Wildman–Crippen LogP) is 2.56. The number of β-lactam (4-membered cyclic amide) rings is 1. The van der Waals surface area contributed by atoms with E-state index in [1.54, 1.807) is 4.90 Å². The molecule has 1 aromatic heterocycles. The lowest BCUT2D eigenvalue weighted by Gasteiger charge is -2.53. The molecular formula is C20H29N5O4S3. The fourth-order valence-corrected chi connectivity index (χ4v) is 8.18. The molecule has 0 spiro atoms. The minimum Gasteiger partial charge on any atom is -0.481 e. The minimum absolute atomic E-state index is 0.144. The number of carboxylic acids is 1. The summed E-state index contributed by atoms with van der Waals surface area (Å²) in [4.78, 5) is 38.7. The van der Waals surface area contributed by atoms with Crippen molar-refractivity contribution in [2.75, 3.05) is 24.6 Å². The smallest absolute Gasteiger partial charge is 0.315 e. The number of aliphatic carboxylic acids is 1. The molecular weight excluding hydrogens is 470 g/mol. The van der Waals surface area contributed by atoms with Gasteiger partial charge in [-0.1, -0.05) is 55.2 Å². The molecule has 1 saturated carbocycles. The average Bonchev–Trinajstić information content (AvgIpc) is 3.21. The summed E-state index contributed by atoms with van der Waals surface area (Å²) in [5, 5.41) is 24.2. The zero-order valence-electron chi connectivity index (χ0n) is 18.0. The monoisotopic (exact) mass is 499 g/mol. The van der Waals surface area contributed by atoms with Gasteiger partial charge in [-0.2, -0.15) is 0 Å². The van der Waals surface area contributed by atoms with Gasteiger partial charge in [-0.15, -0.1) is 22.0 Å². The van der Waals surface area contributed by atoms with Crippen molar-refractivity contribution in [1.82, 2.24) is 25.7 Å². The Labute approximate surface area is 199 Å². The first kappa shape index (κ1) is 23.6. The van der Waals surface area contributed by atoms with Crippen molar-refractivity contribution < 1.29 is 19.5 Å². The largest absolute Gasteiger partial charge is 0.481 e. The van der Waals surface area contributed by atoms with Gasteiger partial charge in [0.1, 0.15) is 21.8 Å². The van der Waals surface area contributed by atoms with E-state index in [0.717, 1.165) is 15.8 Å². The van der Waals surface area contributed by atoms with Gasteiger partial charge in [0.2, 0.25) is 5.91 Å². The third kappa shape index (κ3) is 5.17. The quantitative estimate of drug-likeness (QED) is 0.368. The second-order valence-electron chi connectivity index (χ2n) is 8.80. The maximum Gasteiger partial charge on any atom is 0.315 e. The number of thioether (sulfide) groups is 2. The predicted molar refractivity (Wildman–Crippen MR) is 125 cm³/mol. The number of urea groups is 1. The highest BCUT2D eigenvalue weighted by Gasteiger charge is 2.57. The summed E-state index contributed by atoms with van der Waals surface area (Å²) >= 11 is 4.22. The van der Waals surface area contributed by atoms with Crippen LogP contribution in [0.1, 0.15) is 43.5 Å². The zero-order chi connectivity index (χ0) is 22.7. The molecule has 1 aliphatic carbocycles. The number of aromatic nitrogens is 2. The van der Waals surface area contributed by atoms with Gasteiger partial charge in [0.05, 0.1) is 0 Å². The van der Waals surface area contributed by atoms with Crippen LogP contribution in [0.15, 0.2) is 4.34 Å². The summed E-state index contributed by atoms with van der Waals surface area (Å²) in [6, 6.07) is -0.920. The van der Waals surface area contributed by atoms with Crippen molar-refractivity contribution in [1.29, 1.82) is 0 Å². The van der Waals surface area contributed by atoms with Crippen molar-refractivity contribution in [3.05, 3.63) is 5.01 Å². The molecule has 3 atom stereocenters. The van der Waals surface area contributed by atoms with E-state index in [2.05, 4.69) is 20.8 Å². The molecule has 3 fully saturated rings. The summed E-state index contributed by atoms with van der Waals surface area (Å²) in [5.41, 5.74) is -1.05. The average molecular weight is 500 g/mol. The van der Waals surface area contributed by atoms with E-state index >= 15 is 0 Å². The SMILES string of the molecule is Cc1nnc(SCC2(C(=O)O)CS[C@@H]3C(NC(=O)NCCC4CCCCC4)C(=O)N3C2)s1. The third-order valence-corrected chi connectivity index (χ3v) is 10.3. The van der Waals surface area contributed by atoms with Gasteiger partial charge < -0.3 is 20.6 Å². The number of hydrogen-bond acceptors (Lipinski definition) is 8. The first-order chi connectivity index (χ1) is 15.4. The lowest BCUT2D eigenvalue weighted by atomic mass is 9.87. The van der Waals surface area contributed by atoms with E-state index in [1.807, 2.05) is 6.92 Å². The summed E-state index contributed by atoms with van der Waals surface area (Å²) in [6.45, 7) is 2.61. The molecule has 3 N–H and O–H groups in total. The Hall–Kier alpha value is -1.53. The van der Waals surface area contributed by atoms with Gasteiger partial charge in [0.15, 0.2) is 4.34 Å². The molecule has 0 bridgehead atoms.